The van der Waals surface area contributed by atoms with Crippen molar-refractivity contribution in [3.05, 3.63) is 23.8 Å². The minimum absolute atomic E-state index is 0.480. The van der Waals surface area contributed by atoms with Crippen molar-refractivity contribution in [1.82, 2.24) is 0 Å². The van der Waals surface area contributed by atoms with Gasteiger partial charge in [-0.2, -0.15) is 0 Å². The van der Waals surface area contributed by atoms with Gasteiger partial charge in [-0.15, -0.1) is 11.8 Å². The van der Waals surface area contributed by atoms with Gasteiger partial charge in [-0.05, 0) is 37.1 Å². The molecular weight excluding hydrogens is 284 g/mol. The average Bonchev–Trinajstić information content (AvgIpc) is 2.96. The molecule has 0 bridgehead atoms. The molecule has 20 heavy (non-hydrogen) atoms. The molecule has 0 spiro atoms. The second kappa shape index (κ2) is 7.89. The number of anilines is 1. The molecule has 0 atom stereocenters. The van der Waals surface area contributed by atoms with Gasteiger partial charge in [-0.3, -0.25) is 0 Å². The Balaban J connectivity index is 1.89. The minimum atomic E-state index is 0.480. The molecule has 2 rings (SSSR count). The summed E-state index contributed by atoms with van der Waals surface area (Å²) in [7, 11) is 0. The molecule has 1 saturated carbocycles. The van der Waals surface area contributed by atoms with E-state index >= 15 is 0 Å². The molecule has 2 nitrogen and oxygen atoms in total. The summed E-state index contributed by atoms with van der Waals surface area (Å²) in [5.41, 5.74) is 7.95. The maximum Gasteiger partial charge on any atom is 0.107 e. The lowest BCUT2D eigenvalue weighted by atomic mass is 10.0. The van der Waals surface area contributed by atoms with Crippen LogP contribution in [0, 0.1) is 5.92 Å². The first-order valence-electron chi connectivity index (χ1n) is 7.43. The molecule has 3 N–H and O–H groups in total. The standard InChI is InChI=1S/C16H24N2S2/c1-20-14-10-4-9-13(15(14)16(17)19)18-11-5-8-12-6-2-3-7-12/h4,9-10,12,18H,2-3,5-8,11H2,1H3,(H2,17,19). The van der Waals surface area contributed by atoms with Gasteiger partial charge in [-0.1, -0.05) is 44.0 Å². The maximum atomic E-state index is 5.87. The normalized spacial score (nSPS) is 15.4. The second-order valence-electron chi connectivity index (χ2n) is 5.47. The largest absolute Gasteiger partial charge is 0.389 e. The first-order chi connectivity index (χ1) is 9.72. The smallest absolute Gasteiger partial charge is 0.107 e. The summed E-state index contributed by atoms with van der Waals surface area (Å²) in [4.78, 5) is 1.63. The van der Waals surface area contributed by atoms with E-state index in [1.165, 1.54) is 38.5 Å². The van der Waals surface area contributed by atoms with Crippen LogP contribution in [0.4, 0.5) is 5.69 Å². The first-order valence-corrected chi connectivity index (χ1v) is 9.06. The van der Waals surface area contributed by atoms with Crippen molar-refractivity contribution in [2.75, 3.05) is 18.1 Å². The minimum Gasteiger partial charge on any atom is -0.389 e. The number of thiocarbonyl (C=S) groups is 1. The van der Waals surface area contributed by atoms with Crippen molar-refractivity contribution < 1.29 is 0 Å². The number of thioether (sulfide) groups is 1. The van der Waals surface area contributed by atoms with E-state index in [1.807, 2.05) is 0 Å². The van der Waals surface area contributed by atoms with E-state index in [2.05, 4.69) is 29.8 Å². The Morgan fingerprint density at radius 3 is 2.80 bits per heavy atom. The SMILES string of the molecule is CSc1cccc(NCCCC2CCCC2)c1C(N)=S. The highest BCUT2D eigenvalue weighted by atomic mass is 32.2. The molecule has 1 aromatic rings. The van der Waals surface area contributed by atoms with Gasteiger partial charge in [-0.25, -0.2) is 0 Å². The zero-order valence-corrected chi connectivity index (χ0v) is 13.8. The van der Waals surface area contributed by atoms with Crippen LogP contribution in [-0.2, 0) is 0 Å². The Morgan fingerprint density at radius 2 is 2.15 bits per heavy atom. The molecule has 1 aliphatic carbocycles. The van der Waals surface area contributed by atoms with Gasteiger partial charge in [0, 0.05) is 22.7 Å². The molecule has 0 aromatic heterocycles. The number of hydrogen-bond donors (Lipinski definition) is 2. The third-order valence-corrected chi connectivity index (χ3v) is 5.06. The molecule has 0 unspecified atom stereocenters. The summed E-state index contributed by atoms with van der Waals surface area (Å²) in [5, 5.41) is 3.51. The molecule has 1 aromatic carbocycles. The summed E-state index contributed by atoms with van der Waals surface area (Å²) in [6.45, 7) is 1.00. The van der Waals surface area contributed by atoms with Crippen LogP contribution in [-0.4, -0.2) is 17.8 Å². The molecule has 4 heteroatoms. The summed E-state index contributed by atoms with van der Waals surface area (Å²) in [6.07, 6.45) is 10.3. The fourth-order valence-corrected chi connectivity index (χ4v) is 3.94. The van der Waals surface area contributed by atoms with E-state index in [0.717, 1.165) is 28.6 Å². The average molecular weight is 309 g/mol. The number of nitrogens with one attached hydrogen (secondary N) is 1. The third kappa shape index (κ3) is 4.13. The molecule has 1 aliphatic rings. The summed E-state index contributed by atoms with van der Waals surface area (Å²) >= 11 is 6.88. The maximum absolute atomic E-state index is 5.87. The molecule has 0 heterocycles. The lowest BCUT2D eigenvalue weighted by molar-refractivity contribution is 0.491. The Kier molecular flexibility index (Phi) is 6.17. The highest BCUT2D eigenvalue weighted by molar-refractivity contribution is 7.98. The summed E-state index contributed by atoms with van der Waals surface area (Å²) in [6, 6.07) is 6.21. The fraction of sp³-hybridized carbons (Fsp3) is 0.562. The number of nitrogens with two attached hydrogens (primary N) is 1. The lowest BCUT2D eigenvalue weighted by Crippen LogP contribution is -2.15. The van der Waals surface area contributed by atoms with E-state index in [4.69, 9.17) is 18.0 Å². The van der Waals surface area contributed by atoms with E-state index in [0.29, 0.717) is 4.99 Å². The van der Waals surface area contributed by atoms with Gasteiger partial charge in [0.2, 0.25) is 0 Å². The summed E-state index contributed by atoms with van der Waals surface area (Å²) < 4.78 is 0. The van der Waals surface area contributed by atoms with Gasteiger partial charge in [0.25, 0.3) is 0 Å². The molecule has 0 amide bonds. The zero-order chi connectivity index (χ0) is 14.4. The van der Waals surface area contributed by atoms with E-state index < -0.39 is 0 Å². The fourth-order valence-electron chi connectivity index (χ4n) is 3.02. The van der Waals surface area contributed by atoms with Crippen LogP contribution in [0.1, 0.15) is 44.1 Å². The predicted molar refractivity (Wildman–Crippen MR) is 93.8 cm³/mol. The Morgan fingerprint density at radius 1 is 1.40 bits per heavy atom. The van der Waals surface area contributed by atoms with Crippen LogP contribution < -0.4 is 11.1 Å². The van der Waals surface area contributed by atoms with Gasteiger partial charge in [0.1, 0.15) is 4.99 Å². The molecule has 0 radical (unpaired) electrons. The van der Waals surface area contributed by atoms with E-state index in [9.17, 15) is 0 Å². The van der Waals surface area contributed by atoms with Gasteiger partial charge in [0.15, 0.2) is 0 Å². The molecular formula is C16H24N2S2. The molecule has 110 valence electrons. The van der Waals surface area contributed by atoms with Crippen LogP contribution in [0.15, 0.2) is 23.1 Å². The summed E-state index contributed by atoms with van der Waals surface area (Å²) in [5.74, 6) is 0.962. The quantitative estimate of drug-likeness (QED) is 0.444. The van der Waals surface area contributed by atoms with Crippen LogP contribution >= 0.6 is 24.0 Å². The molecule has 0 aliphatic heterocycles. The van der Waals surface area contributed by atoms with Crippen LogP contribution in [0.5, 0.6) is 0 Å². The third-order valence-electron chi connectivity index (χ3n) is 4.07. The first kappa shape index (κ1) is 15.6. The monoisotopic (exact) mass is 308 g/mol. The van der Waals surface area contributed by atoms with Gasteiger partial charge < -0.3 is 11.1 Å². The van der Waals surface area contributed by atoms with Gasteiger partial charge >= 0.3 is 0 Å². The predicted octanol–water partition coefficient (Wildman–Crippen LogP) is 4.43. The highest BCUT2D eigenvalue weighted by Gasteiger charge is 2.14. The van der Waals surface area contributed by atoms with Crippen LogP contribution in [0.25, 0.3) is 0 Å². The topological polar surface area (TPSA) is 38.0 Å². The van der Waals surface area contributed by atoms with Crippen molar-refractivity contribution in [3.8, 4) is 0 Å². The van der Waals surface area contributed by atoms with Crippen molar-refractivity contribution in [3.63, 3.8) is 0 Å². The highest BCUT2D eigenvalue weighted by Crippen LogP contribution is 2.29. The number of rotatable bonds is 7. The van der Waals surface area contributed by atoms with Crippen molar-refractivity contribution >= 4 is 34.7 Å². The van der Waals surface area contributed by atoms with E-state index in [1.54, 1.807) is 11.8 Å². The lowest BCUT2D eigenvalue weighted by Gasteiger charge is -2.15. The van der Waals surface area contributed by atoms with Crippen LogP contribution in [0.3, 0.4) is 0 Å². The second-order valence-corrected chi connectivity index (χ2v) is 6.75. The van der Waals surface area contributed by atoms with Crippen LogP contribution in [0.2, 0.25) is 0 Å². The van der Waals surface area contributed by atoms with E-state index in [-0.39, 0.29) is 0 Å². The Hall–Kier alpha value is -0.740. The number of hydrogen-bond acceptors (Lipinski definition) is 3. The Bertz CT molecular complexity index is 454. The Labute approximate surface area is 131 Å². The number of benzene rings is 1. The van der Waals surface area contributed by atoms with Crippen molar-refractivity contribution in [1.29, 1.82) is 0 Å². The van der Waals surface area contributed by atoms with Crippen molar-refractivity contribution in [2.45, 2.75) is 43.4 Å². The molecule has 1 fully saturated rings. The zero-order valence-electron chi connectivity index (χ0n) is 12.2. The van der Waals surface area contributed by atoms with Crippen molar-refractivity contribution in [2.24, 2.45) is 11.7 Å². The van der Waals surface area contributed by atoms with Gasteiger partial charge in [0.05, 0.1) is 0 Å². The molecule has 0 saturated heterocycles.